The number of carbonyl (C=O) groups excluding carboxylic acids is 1. The molecule has 29 heavy (non-hydrogen) atoms. The highest BCUT2D eigenvalue weighted by Gasteiger charge is 2.36. The molecule has 2 aromatic rings. The number of carbonyl (C=O) groups is 1. The predicted molar refractivity (Wildman–Crippen MR) is 114 cm³/mol. The zero-order chi connectivity index (χ0) is 20.6. The van der Waals surface area contributed by atoms with E-state index in [0.717, 1.165) is 31.5 Å². The first-order valence-electron chi connectivity index (χ1n) is 10.4. The standard InChI is InChI=1S/C24H32N2O3/c1-25(17-19-9-5-3-6-10-19)16-15-21-13-14-22(27)23(29-21)24(28)26(2)18-20-11-7-4-8-12-20/h3-12,21-23,27H,13-18H2,1-2H3/t21-,22+,23+/m1/s1. The predicted octanol–water partition coefficient (Wildman–Crippen LogP) is 3.08. The van der Waals surface area contributed by atoms with Crippen LogP contribution < -0.4 is 0 Å². The molecule has 1 saturated heterocycles. The van der Waals surface area contributed by atoms with Gasteiger partial charge in [-0.15, -0.1) is 0 Å². The second-order valence-electron chi connectivity index (χ2n) is 8.02. The summed E-state index contributed by atoms with van der Waals surface area (Å²) in [6, 6.07) is 20.2. The third kappa shape index (κ3) is 6.39. The summed E-state index contributed by atoms with van der Waals surface area (Å²) >= 11 is 0. The van der Waals surface area contributed by atoms with Crippen molar-refractivity contribution in [2.75, 3.05) is 20.6 Å². The van der Waals surface area contributed by atoms with Crippen molar-refractivity contribution in [2.45, 2.75) is 50.7 Å². The van der Waals surface area contributed by atoms with Crippen LogP contribution in [0.2, 0.25) is 0 Å². The Kier molecular flexibility index (Phi) is 7.81. The quantitative estimate of drug-likeness (QED) is 0.745. The highest BCUT2D eigenvalue weighted by molar-refractivity contribution is 5.81. The number of aliphatic hydroxyl groups is 1. The number of rotatable bonds is 8. The summed E-state index contributed by atoms with van der Waals surface area (Å²) in [5.74, 6) is -0.149. The molecule has 1 aliphatic heterocycles. The summed E-state index contributed by atoms with van der Waals surface area (Å²) in [4.78, 5) is 16.8. The largest absolute Gasteiger partial charge is 0.390 e. The van der Waals surface area contributed by atoms with E-state index in [4.69, 9.17) is 4.74 Å². The highest BCUT2D eigenvalue weighted by Crippen LogP contribution is 2.24. The molecular weight excluding hydrogens is 364 g/mol. The van der Waals surface area contributed by atoms with E-state index in [0.29, 0.717) is 13.0 Å². The van der Waals surface area contributed by atoms with Crippen molar-refractivity contribution in [1.29, 1.82) is 0 Å². The van der Waals surface area contributed by atoms with Crippen LogP contribution in [0, 0.1) is 0 Å². The molecule has 1 aliphatic rings. The number of amides is 1. The van der Waals surface area contributed by atoms with E-state index < -0.39 is 12.2 Å². The minimum atomic E-state index is -0.776. The Balaban J connectivity index is 1.49. The lowest BCUT2D eigenvalue weighted by Crippen LogP contribution is -2.49. The Morgan fingerprint density at radius 2 is 1.55 bits per heavy atom. The van der Waals surface area contributed by atoms with Crippen molar-refractivity contribution in [2.24, 2.45) is 0 Å². The van der Waals surface area contributed by atoms with Gasteiger partial charge in [0.25, 0.3) is 5.91 Å². The highest BCUT2D eigenvalue weighted by atomic mass is 16.5. The third-order valence-corrected chi connectivity index (χ3v) is 5.48. The van der Waals surface area contributed by atoms with Gasteiger partial charge in [0.2, 0.25) is 0 Å². The lowest BCUT2D eigenvalue weighted by Gasteiger charge is -2.35. The SMILES string of the molecule is CN(CC[C@H]1CC[C@H](O)[C@@H](C(=O)N(C)Cc2ccccc2)O1)Cc1ccccc1. The minimum absolute atomic E-state index is 0.00398. The molecule has 5 heteroatoms. The Labute approximate surface area is 173 Å². The van der Waals surface area contributed by atoms with E-state index in [1.54, 1.807) is 11.9 Å². The van der Waals surface area contributed by atoms with Crippen LogP contribution in [-0.2, 0) is 22.6 Å². The van der Waals surface area contributed by atoms with Crippen LogP contribution in [-0.4, -0.2) is 59.8 Å². The van der Waals surface area contributed by atoms with Gasteiger partial charge in [-0.2, -0.15) is 0 Å². The van der Waals surface area contributed by atoms with Crippen LogP contribution in [0.1, 0.15) is 30.4 Å². The molecule has 0 aromatic heterocycles. The van der Waals surface area contributed by atoms with Gasteiger partial charge < -0.3 is 19.6 Å². The van der Waals surface area contributed by atoms with Crippen LogP contribution in [0.15, 0.2) is 60.7 Å². The molecule has 1 fully saturated rings. The summed E-state index contributed by atoms with van der Waals surface area (Å²) in [5, 5.41) is 10.4. The first-order valence-corrected chi connectivity index (χ1v) is 10.4. The summed E-state index contributed by atoms with van der Waals surface area (Å²) in [6.45, 7) is 2.28. The molecule has 1 amide bonds. The van der Waals surface area contributed by atoms with Crippen molar-refractivity contribution < 1.29 is 14.6 Å². The fraction of sp³-hybridized carbons (Fsp3) is 0.458. The van der Waals surface area contributed by atoms with Crippen LogP contribution >= 0.6 is 0 Å². The first kappa shape index (κ1) is 21.5. The average molecular weight is 397 g/mol. The molecule has 0 spiro atoms. The van der Waals surface area contributed by atoms with Gasteiger partial charge in [0.15, 0.2) is 6.10 Å². The van der Waals surface area contributed by atoms with Crippen LogP contribution in [0.5, 0.6) is 0 Å². The second-order valence-corrected chi connectivity index (χ2v) is 8.02. The topological polar surface area (TPSA) is 53.0 Å². The molecule has 0 radical (unpaired) electrons. The van der Waals surface area contributed by atoms with Gasteiger partial charge in [-0.25, -0.2) is 0 Å². The monoisotopic (exact) mass is 396 g/mol. The zero-order valence-corrected chi connectivity index (χ0v) is 17.4. The van der Waals surface area contributed by atoms with Gasteiger partial charge in [0.1, 0.15) is 0 Å². The number of hydrogen-bond donors (Lipinski definition) is 1. The van der Waals surface area contributed by atoms with Gasteiger partial charge in [-0.1, -0.05) is 60.7 Å². The fourth-order valence-corrected chi connectivity index (χ4v) is 3.80. The van der Waals surface area contributed by atoms with Crippen molar-refractivity contribution in [3.8, 4) is 0 Å². The molecule has 2 aromatic carbocycles. The fourth-order valence-electron chi connectivity index (χ4n) is 3.80. The van der Waals surface area contributed by atoms with Gasteiger partial charge in [0, 0.05) is 26.7 Å². The van der Waals surface area contributed by atoms with Crippen LogP contribution in [0.3, 0.4) is 0 Å². The maximum absolute atomic E-state index is 12.9. The van der Waals surface area contributed by atoms with Crippen molar-refractivity contribution >= 4 is 5.91 Å². The molecule has 1 N–H and O–H groups in total. The number of nitrogens with zero attached hydrogens (tertiary/aromatic N) is 2. The first-order chi connectivity index (χ1) is 14.0. The molecular formula is C24H32N2O3. The lowest BCUT2D eigenvalue weighted by molar-refractivity contribution is -0.167. The number of aliphatic hydroxyl groups excluding tert-OH is 1. The zero-order valence-electron chi connectivity index (χ0n) is 17.4. The van der Waals surface area contributed by atoms with Crippen molar-refractivity contribution in [3.05, 3.63) is 71.8 Å². The average Bonchev–Trinajstić information content (AvgIpc) is 2.74. The Bertz CT molecular complexity index is 753. The summed E-state index contributed by atoms with van der Waals surface area (Å²) in [7, 11) is 3.86. The number of hydrogen-bond acceptors (Lipinski definition) is 4. The lowest BCUT2D eigenvalue weighted by atomic mass is 9.98. The molecule has 0 unspecified atom stereocenters. The number of benzene rings is 2. The molecule has 5 nitrogen and oxygen atoms in total. The third-order valence-electron chi connectivity index (χ3n) is 5.48. The Hall–Kier alpha value is -2.21. The van der Waals surface area contributed by atoms with Gasteiger partial charge in [-0.3, -0.25) is 4.79 Å². The van der Waals surface area contributed by atoms with Crippen LogP contribution in [0.25, 0.3) is 0 Å². The van der Waals surface area contributed by atoms with Gasteiger partial charge in [-0.05, 0) is 37.4 Å². The van der Waals surface area contributed by atoms with E-state index >= 15 is 0 Å². The molecule has 0 bridgehead atoms. The maximum Gasteiger partial charge on any atom is 0.254 e. The van der Waals surface area contributed by atoms with E-state index in [2.05, 4.69) is 36.2 Å². The smallest absolute Gasteiger partial charge is 0.254 e. The summed E-state index contributed by atoms with van der Waals surface area (Å²) in [6.07, 6.45) is 0.717. The van der Waals surface area contributed by atoms with Crippen molar-refractivity contribution in [3.63, 3.8) is 0 Å². The summed E-state index contributed by atoms with van der Waals surface area (Å²) < 4.78 is 6.05. The van der Waals surface area contributed by atoms with Crippen molar-refractivity contribution in [1.82, 2.24) is 9.80 Å². The molecule has 156 valence electrons. The van der Waals surface area contributed by atoms with Gasteiger partial charge in [0.05, 0.1) is 12.2 Å². The summed E-state index contributed by atoms with van der Waals surface area (Å²) in [5.41, 5.74) is 2.35. The molecule has 0 aliphatic carbocycles. The Morgan fingerprint density at radius 3 is 2.17 bits per heavy atom. The molecule has 0 saturated carbocycles. The second kappa shape index (κ2) is 10.5. The van der Waals surface area contributed by atoms with E-state index in [1.165, 1.54) is 5.56 Å². The van der Waals surface area contributed by atoms with E-state index in [9.17, 15) is 9.90 Å². The maximum atomic E-state index is 12.9. The molecule has 3 rings (SSSR count). The number of likely N-dealkylation sites (N-methyl/N-ethyl adjacent to an activating group) is 1. The van der Waals surface area contributed by atoms with E-state index in [1.807, 2.05) is 36.4 Å². The Morgan fingerprint density at radius 1 is 0.966 bits per heavy atom. The minimum Gasteiger partial charge on any atom is -0.390 e. The van der Waals surface area contributed by atoms with Gasteiger partial charge >= 0.3 is 0 Å². The number of ether oxygens (including phenoxy) is 1. The molecule has 1 heterocycles. The normalized spacial score (nSPS) is 21.9. The molecule has 3 atom stereocenters. The van der Waals surface area contributed by atoms with Crippen LogP contribution in [0.4, 0.5) is 0 Å². The van der Waals surface area contributed by atoms with E-state index in [-0.39, 0.29) is 12.0 Å².